The lowest BCUT2D eigenvalue weighted by Crippen LogP contribution is -2.15. The van der Waals surface area contributed by atoms with E-state index in [-0.39, 0.29) is 5.92 Å². The number of nitrogens with two attached hydrogens (primary N) is 2. The van der Waals surface area contributed by atoms with Gasteiger partial charge in [0.2, 0.25) is 0 Å². The van der Waals surface area contributed by atoms with Crippen LogP contribution in [0.4, 0.5) is 0 Å². The highest BCUT2D eigenvalue weighted by molar-refractivity contribution is 5.78. The van der Waals surface area contributed by atoms with Crippen LogP contribution in [0.25, 0.3) is 0 Å². The van der Waals surface area contributed by atoms with Crippen molar-refractivity contribution in [3.63, 3.8) is 0 Å². The summed E-state index contributed by atoms with van der Waals surface area (Å²) in [6.45, 7) is 3.98. The maximum atomic E-state index is 5.61. The molecule has 0 saturated heterocycles. The molecule has 0 aliphatic carbocycles. The number of hydrogen-bond acceptors (Lipinski definition) is 3. The van der Waals surface area contributed by atoms with E-state index < -0.39 is 0 Å². The molecule has 0 aromatic rings. The summed E-state index contributed by atoms with van der Waals surface area (Å²) in [6, 6.07) is 0. The molecule has 0 spiro atoms. The standard InChI is InChI=1S/C7H15N3/c1-5(2)7(9)6(8)4-10-3/h4-5H,8-9H2,1-3H3. The molecule has 0 radical (unpaired) electrons. The van der Waals surface area contributed by atoms with Crippen molar-refractivity contribution in [2.24, 2.45) is 22.4 Å². The van der Waals surface area contributed by atoms with Crippen LogP contribution >= 0.6 is 0 Å². The summed E-state index contributed by atoms with van der Waals surface area (Å²) in [6.07, 6.45) is 1.56. The van der Waals surface area contributed by atoms with Gasteiger partial charge >= 0.3 is 0 Å². The first-order valence-electron chi connectivity index (χ1n) is 3.26. The molecule has 4 N–H and O–H groups in total. The van der Waals surface area contributed by atoms with Gasteiger partial charge in [-0.05, 0) is 5.92 Å². The number of rotatable bonds is 2. The second-order valence-corrected chi connectivity index (χ2v) is 2.45. The van der Waals surface area contributed by atoms with Crippen LogP contribution in [0.3, 0.4) is 0 Å². The highest BCUT2D eigenvalue weighted by Crippen LogP contribution is 2.02. The summed E-state index contributed by atoms with van der Waals surface area (Å²) >= 11 is 0. The third kappa shape index (κ3) is 2.53. The lowest BCUT2D eigenvalue weighted by atomic mass is 10.1. The van der Waals surface area contributed by atoms with Crippen molar-refractivity contribution in [1.82, 2.24) is 0 Å². The normalized spacial score (nSPS) is 14.4. The average Bonchev–Trinajstić information content (AvgIpc) is 1.87. The van der Waals surface area contributed by atoms with Gasteiger partial charge in [0.25, 0.3) is 0 Å². The van der Waals surface area contributed by atoms with Crippen LogP contribution in [0, 0.1) is 5.92 Å². The molecular weight excluding hydrogens is 126 g/mol. The van der Waals surface area contributed by atoms with E-state index in [2.05, 4.69) is 4.99 Å². The molecule has 0 heterocycles. The Morgan fingerprint density at radius 2 is 1.90 bits per heavy atom. The van der Waals surface area contributed by atoms with E-state index in [0.29, 0.717) is 11.4 Å². The maximum absolute atomic E-state index is 5.61. The first kappa shape index (κ1) is 9.01. The van der Waals surface area contributed by atoms with Crippen LogP contribution in [-0.2, 0) is 0 Å². The largest absolute Gasteiger partial charge is 0.400 e. The lowest BCUT2D eigenvalue weighted by molar-refractivity contribution is 0.749. The van der Waals surface area contributed by atoms with Gasteiger partial charge < -0.3 is 11.5 Å². The Labute approximate surface area is 61.8 Å². The summed E-state index contributed by atoms with van der Waals surface area (Å²) in [5, 5.41) is 0. The minimum atomic E-state index is 0.290. The van der Waals surface area contributed by atoms with Crippen LogP contribution in [0.5, 0.6) is 0 Å². The topological polar surface area (TPSA) is 64.4 Å². The van der Waals surface area contributed by atoms with Crippen LogP contribution in [-0.4, -0.2) is 13.3 Å². The van der Waals surface area contributed by atoms with Gasteiger partial charge in [-0.15, -0.1) is 0 Å². The van der Waals surface area contributed by atoms with E-state index in [4.69, 9.17) is 11.5 Å². The quantitative estimate of drug-likeness (QED) is 0.549. The van der Waals surface area contributed by atoms with E-state index in [1.807, 2.05) is 13.8 Å². The molecule has 0 aliphatic heterocycles. The van der Waals surface area contributed by atoms with Crippen molar-refractivity contribution in [2.45, 2.75) is 13.8 Å². The molecule has 3 nitrogen and oxygen atoms in total. The van der Waals surface area contributed by atoms with Crippen LogP contribution in [0.2, 0.25) is 0 Å². The fraction of sp³-hybridized carbons (Fsp3) is 0.571. The molecule has 0 rings (SSSR count). The van der Waals surface area contributed by atoms with Crippen LogP contribution in [0.15, 0.2) is 16.4 Å². The predicted molar refractivity (Wildman–Crippen MR) is 44.7 cm³/mol. The molecule has 0 saturated carbocycles. The minimum absolute atomic E-state index is 0.290. The fourth-order valence-electron chi connectivity index (χ4n) is 0.547. The predicted octanol–water partition coefficient (Wildman–Crippen LogP) is 0.472. The number of aliphatic imine (C=N–C) groups is 1. The molecule has 0 fully saturated rings. The third-order valence-electron chi connectivity index (χ3n) is 1.22. The Hall–Kier alpha value is -0.990. The highest BCUT2D eigenvalue weighted by atomic mass is 14.7. The fourth-order valence-corrected chi connectivity index (χ4v) is 0.547. The summed E-state index contributed by atoms with van der Waals surface area (Å²) in [5.74, 6) is 0.290. The summed E-state index contributed by atoms with van der Waals surface area (Å²) in [7, 11) is 1.67. The summed E-state index contributed by atoms with van der Waals surface area (Å²) in [5.41, 5.74) is 12.4. The average molecular weight is 141 g/mol. The summed E-state index contributed by atoms with van der Waals surface area (Å²) < 4.78 is 0. The molecule has 3 heteroatoms. The molecule has 0 atom stereocenters. The first-order valence-corrected chi connectivity index (χ1v) is 3.26. The van der Waals surface area contributed by atoms with Crippen molar-refractivity contribution < 1.29 is 0 Å². The second kappa shape index (κ2) is 3.93. The van der Waals surface area contributed by atoms with Gasteiger partial charge in [-0.3, -0.25) is 4.99 Å². The number of hydrogen-bond donors (Lipinski definition) is 2. The zero-order valence-electron chi connectivity index (χ0n) is 6.76. The van der Waals surface area contributed by atoms with Gasteiger partial charge in [0.15, 0.2) is 0 Å². The highest BCUT2D eigenvalue weighted by Gasteiger charge is 1.99. The second-order valence-electron chi connectivity index (χ2n) is 2.45. The smallest absolute Gasteiger partial charge is 0.0688 e. The van der Waals surface area contributed by atoms with Gasteiger partial charge in [0, 0.05) is 19.0 Å². The van der Waals surface area contributed by atoms with Gasteiger partial charge in [-0.25, -0.2) is 0 Å². The van der Waals surface area contributed by atoms with Gasteiger partial charge in [0.05, 0.1) is 5.70 Å². The first-order chi connectivity index (χ1) is 4.59. The zero-order valence-corrected chi connectivity index (χ0v) is 6.76. The zero-order chi connectivity index (χ0) is 8.15. The SMILES string of the molecule is CN=CC(N)=C(N)C(C)C. The third-order valence-corrected chi connectivity index (χ3v) is 1.22. The Bertz CT molecular complexity index is 156. The molecule has 0 bridgehead atoms. The Morgan fingerprint density at radius 3 is 2.20 bits per heavy atom. The van der Waals surface area contributed by atoms with E-state index in [1.54, 1.807) is 13.3 Å². The Balaban J connectivity index is 4.34. The van der Waals surface area contributed by atoms with Crippen molar-refractivity contribution in [3.8, 4) is 0 Å². The minimum Gasteiger partial charge on any atom is -0.400 e. The number of nitrogens with zero attached hydrogens (tertiary/aromatic N) is 1. The molecule has 0 unspecified atom stereocenters. The van der Waals surface area contributed by atoms with Crippen molar-refractivity contribution in [3.05, 3.63) is 11.4 Å². The van der Waals surface area contributed by atoms with Crippen molar-refractivity contribution in [2.75, 3.05) is 7.05 Å². The van der Waals surface area contributed by atoms with Crippen LogP contribution < -0.4 is 11.5 Å². The maximum Gasteiger partial charge on any atom is 0.0688 e. The molecule has 0 aromatic carbocycles. The number of allylic oxidation sites excluding steroid dienone is 2. The van der Waals surface area contributed by atoms with Gasteiger partial charge in [-0.1, -0.05) is 13.8 Å². The van der Waals surface area contributed by atoms with E-state index >= 15 is 0 Å². The Kier molecular flexibility index (Phi) is 3.54. The molecule has 58 valence electrons. The molecule has 0 amide bonds. The monoisotopic (exact) mass is 141 g/mol. The lowest BCUT2D eigenvalue weighted by Gasteiger charge is -2.05. The van der Waals surface area contributed by atoms with E-state index in [0.717, 1.165) is 0 Å². The molecule has 0 aromatic heterocycles. The van der Waals surface area contributed by atoms with Crippen molar-refractivity contribution in [1.29, 1.82) is 0 Å². The van der Waals surface area contributed by atoms with Gasteiger partial charge in [0.1, 0.15) is 0 Å². The van der Waals surface area contributed by atoms with Crippen LogP contribution in [0.1, 0.15) is 13.8 Å². The molecular formula is C7H15N3. The molecule has 10 heavy (non-hydrogen) atoms. The van der Waals surface area contributed by atoms with E-state index in [1.165, 1.54) is 0 Å². The Morgan fingerprint density at radius 1 is 1.40 bits per heavy atom. The van der Waals surface area contributed by atoms with Gasteiger partial charge in [-0.2, -0.15) is 0 Å². The van der Waals surface area contributed by atoms with Crippen molar-refractivity contribution >= 4 is 6.21 Å². The molecule has 0 aliphatic rings. The summed E-state index contributed by atoms with van der Waals surface area (Å²) in [4.78, 5) is 3.75. The van der Waals surface area contributed by atoms with E-state index in [9.17, 15) is 0 Å².